The fourth-order valence-corrected chi connectivity index (χ4v) is 6.05. The number of anilines is 1. The quantitative estimate of drug-likeness (QED) is 0.436. The first kappa shape index (κ1) is 18.1. The van der Waals surface area contributed by atoms with Crippen molar-refractivity contribution >= 4 is 44.9 Å². The normalized spacial score (nSPS) is 18.7. The second-order valence-electron chi connectivity index (χ2n) is 7.86. The van der Waals surface area contributed by atoms with Gasteiger partial charge in [-0.25, -0.2) is 9.97 Å². The number of benzene rings is 1. The first-order valence-electron chi connectivity index (χ1n) is 9.83. The largest absolute Gasteiger partial charge is 0.308 e. The van der Waals surface area contributed by atoms with Crippen LogP contribution in [0, 0.1) is 13.8 Å². The van der Waals surface area contributed by atoms with Crippen LogP contribution in [-0.2, 0) is 11.2 Å². The Balaban J connectivity index is 1.44. The highest BCUT2D eigenvalue weighted by Gasteiger charge is 2.31. The summed E-state index contributed by atoms with van der Waals surface area (Å²) in [7, 11) is 0. The molecule has 0 radical (unpaired) electrons. The van der Waals surface area contributed by atoms with Crippen LogP contribution in [0.2, 0.25) is 0 Å². The minimum absolute atomic E-state index is 0.159. The Morgan fingerprint density at radius 1 is 1.25 bits per heavy atom. The summed E-state index contributed by atoms with van der Waals surface area (Å²) in [5.41, 5.74) is 3.57. The Labute approximate surface area is 173 Å². The van der Waals surface area contributed by atoms with E-state index < -0.39 is 0 Å². The lowest BCUT2D eigenvalue weighted by molar-refractivity contribution is -0.116. The molecule has 1 atom stereocenters. The maximum Gasteiger partial charge on any atom is 0.237 e. The van der Waals surface area contributed by atoms with Crippen molar-refractivity contribution in [2.45, 2.75) is 57.0 Å². The van der Waals surface area contributed by atoms with Gasteiger partial charge < -0.3 is 4.90 Å². The van der Waals surface area contributed by atoms with Crippen LogP contribution in [0.5, 0.6) is 0 Å². The van der Waals surface area contributed by atoms with Gasteiger partial charge in [0.05, 0.1) is 5.75 Å². The van der Waals surface area contributed by atoms with Gasteiger partial charge in [0.1, 0.15) is 15.7 Å². The standard InChI is InChI=1S/C22H23N3OS2/c1-12-10-16-6-4-5-7-17(16)25(12)18(26)11-27-21-19-13(2)14(3)28-22(19)24-20(23-21)15-8-9-15/h4-7,12,15H,8-11H2,1-3H3/t12-/m0/s1. The summed E-state index contributed by atoms with van der Waals surface area (Å²) in [6.45, 7) is 6.41. The van der Waals surface area contributed by atoms with Gasteiger partial charge in [0.2, 0.25) is 5.91 Å². The predicted molar refractivity (Wildman–Crippen MR) is 117 cm³/mol. The van der Waals surface area contributed by atoms with Gasteiger partial charge >= 0.3 is 0 Å². The van der Waals surface area contributed by atoms with Crippen LogP contribution < -0.4 is 4.90 Å². The van der Waals surface area contributed by atoms with Gasteiger partial charge in [0, 0.05) is 27.9 Å². The molecule has 0 spiro atoms. The van der Waals surface area contributed by atoms with E-state index in [1.807, 2.05) is 17.0 Å². The minimum Gasteiger partial charge on any atom is -0.308 e. The van der Waals surface area contributed by atoms with Crippen LogP contribution in [0.4, 0.5) is 5.69 Å². The highest BCUT2D eigenvalue weighted by molar-refractivity contribution is 8.00. The summed E-state index contributed by atoms with van der Waals surface area (Å²) in [6, 6.07) is 8.45. The molecule has 1 aromatic carbocycles. The van der Waals surface area contributed by atoms with E-state index in [1.165, 1.54) is 28.8 Å². The molecule has 28 heavy (non-hydrogen) atoms. The number of fused-ring (bicyclic) bond motifs is 2. The zero-order chi connectivity index (χ0) is 19.4. The number of thiophene rings is 1. The summed E-state index contributed by atoms with van der Waals surface area (Å²) in [4.78, 5) is 27.1. The number of aromatic nitrogens is 2. The average Bonchev–Trinajstić information content (AvgIpc) is 3.41. The Hall–Kier alpha value is -1.92. The van der Waals surface area contributed by atoms with Crippen molar-refractivity contribution in [1.82, 2.24) is 9.97 Å². The Bertz CT molecular complexity index is 1090. The van der Waals surface area contributed by atoms with Crippen LogP contribution in [0.15, 0.2) is 29.3 Å². The van der Waals surface area contributed by atoms with Crippen molar-refractivity contribution < 1.29 is 4.79 Å². The topological polar surface area (TPSA) is 46.1 Å². The van der Waals surface area contributed by atoms with Crippen molar-refractivity contribution in [3.63, 3.8) is 0 Å². The van der Waals surface area contributed by atoms with Crippen LogP contribution in [0.25, 0.3) is 10.2 Å². The van der Waals surface area contributed by atoms with Gasteiger partial charge in [-0.1, -0.05) is 30.0 Å². The van der Waals surface area contributed by atoms with Crippen molar-refractivity contribution in [1.29, 1.82) is 0 Å². The van der Waals surface area contributed by atoms with Crippen LogP contribution in [-0.4, -0.2) is 27.7 Å². The molecule has 0 bridgehead atoms. The smallest absolute Gasteiger partial charge is 0.237 e. The zero-order valence-electron chi connectivity index (χ0n) is 16.4. The van der Waals surface area contributed by atoms with E-state index in [0.717, 1.165) is 33.2 Å². The van der Waals surface area contributed by atoms with Gasteiger partial charge in [-0.05, 0) is 57.2 Å². The van der Waals surface area contributed by atoms with Crippen LogP contribution in [0.3, 0.4) is 0 Å². The summed E-state index contributed by atoms with van der Waals surface area (Å²) in [5.74, 6) is 2.03. The highest BCUT2D eigenvalue weighted by atomic mass is 32.2. The molecular weight excluding hydrogens is 386 g/mol. The molecule has 5 rings (SSSR count). The summed E-state index contributed by atoms with van der Waals surface area (Å²) in [5, 5.41) is 2.11. The van der Waals surface area contributed by atoms with Gasteiger partial charge in [-0.15, -0.1) is 11.3 Å². The molecule has 0 unspecified atom stereocenters. The summed E-state index contributed by atoms with van der Waals surface area (Å²) in [6.07, 6.45) is 3.29. The molecule has 2 aliphatic rings. The fourth-order valence-electron chi connectivity index (χ4n) is 4.00. The molecule has 3 aromatic rings. The van der Waals surface area contributed by atoms with E-state index >= 15 is 0 Å². The Morgan fingerprint density at radius 2 is 2.04 bits per heavy atom. The number of rotatable bonds is 4. The fraction of sp³-hybridized carbons (Fsp3) is 0.409. The number of hydrogen-bond donors (Lipinski definition) is 0. The van der Waals surface area contributed by atoms with E-state index in [2.05, 4.69) is 32.9 Å². The van der Waals surface area contributed by atoms with Gasteiger partial charge in [0.25, 0.3) is 0 Å². The second-order valence-corrected chi connectivity index (χ2v) is 10.0. The molecular formula is C22H23N3OS2. The van der Waals surface area contributed by atoms with Gasteiger partial charge in [-0.3, -0.25) is 4.79 Å². The number of thioether (sulfide) groups is 1. The molecule has 1 amide bonds. The number of para-hydroxylation sites is 1. The summed E-state index contributed by atoms with van der Waals surface area (Å²) >= 11 is 3.32. The maximum atomic E-state index is 13.1. The van der Waals surface area contributed by atoms with Crippen molar-refractivity contribution in [3.05, 3.63) is 46.1 Å². The maximum absolute atomic E-state index is 13.1. The molecule has 1 aliphatic heterocycles. The van der Waals surface area contributed by atoms with Crippen LogP contribution in [0.1, 0.15) is 47.5 Å². The number of carbonyl (C=O) groups excluding carboxylic acids is 1. The molecule has 1 fully saturated rings. The molecule has 144 valence electrons. The molecule has 0 N–H and O–H groups in total. The molecule has 3 heterocycles. The number of carbonyl (C=O) groups is 1. The SMILES string of the molecule is Cc1sc2nc(C3CC3)nc(SCC(=O)N3c4ccccc4C[C@@H]3C)c2c1C. The second kappa shape index (κ2) is 6.85. The first-order chi connectivity index (χ1) is 13.5. The van der Waals surface area contributed by atoms with Crippen molar-refractivity contribution in [2.24, 2.45) is 0 Å². The Kier molecular flexibility index (Phi) is 4.43. The van der Waals surface area contributed by atoms with E-state index in [9.17, 15) is 4.79 Å². The third-order valence-corrected chi connectivity index (χ3v) is 7.82. The lowest BCUT2D eigenvalue weighted by Crippen LogP contribution is -2.37. The van der Waals surface area contributed by atoms with E-state index in [4.69, 9.17) is 9.97 Å². The lowest BCUT2D eigenvalue weighted by Gasteiger charge is -2.22. The van der Waals surface area contributed by atoms with Gasteiger partial charge in [0.15, 0.2) is 0 Å². The lowest BCUT2D eigenvalue weighted by atomic mass is 10.1. The Morgan fingerprint density at radius 3 is 2.82 bits per heavy atom. The number of nitrogens with zero attached hydrogens (tertiary/aromatic N) is 3. The third kappa shape index (κ3) is 3.03. The van der Waals surface area contributed by atoms with E-state index in [-0.39, 0.29) is 11.9 Å². The third-order valence-electron chi connectivity index (χ3n) is 5.76. The number of aryl methyl sites for hydroxylation is 2. The zero-order valence-corrected chi connectivity index (χ0v) is 18.0. The van der Waals surface area contributed by atoms with Gasteiger partial charge in [-0.2, -0.15) is 0 Å². The number of hydrogen-bond acceptors (Lipinski definition) is 5. The first-order valence-corrected chi connectivity index (χ1v) is 11.6. The average molecular weight is 410 g/mol. The van der Waals surface area contributed by atoms with Crippen molar-refractivity contribution in [3.8, 4) is 0 Å². The molecule has 4 nitrogen and oxygen atoms in total. The molecule has 1 aliphatic carbocycles. The van der Waals surface area contributed by atoms with Crippen LogP contribution >= 0.6 is 23.1 Å². The number of amides is 1. The molecule has 6 heteroatoms. The van der Waals surface area contributed by atoms with Crippen molar-refractivity contribution in [2.75, 3.05) is 10.7 Å². The predicted octanol–water partition coefficient (Wildman–Crippen LogP) is 5.26. The molecule has 2 aromatic heterocycles. The highest BCUT2D eigenvalue weighted by Crippen LogP contribution is 2.42. The molecule has 0 saturated heterocycles. The minimum atomic E-state index is 0.159. The van der Waals surface area contributed by atoms with E-state index in [0.29, 0.717) is 11.7 Å². The van der Waals surface area contributed by atoms with E-state index in [1.54, 1.807) is 23.1 Å². The monoisotopic (exact) mass is 409 g/mol. The molecule has 1 saturated carbocycles. The summed E-state index contributed by atoms with van der Waals surface area (Å²) < 4.78 is 0.